The molecule has 2 aliphatic heterocycles. The van der Waals surface area contributed by atoms with Gasteiger partial charge in [0.05, 0.1) is 26.5 Å². The zero-order valence-electron chi connectivity index (χ0n) is 9.53. The third-order valence-electron chi connectivity index (χ3n) is 3.35. The molecule has 0 amide bonds. The Morgan fingerprint density at radius 3 is 2.80 bits per heavy atom. The highest BCUT2D eigenvalue weighted by Gasteiger charge is 2.40. The Bertz CT molecular complexity index is 280. The molecule has 0 bridgehead atoms. The fraction of sp³-hybridized carbons (Fsp3) is 0.636. The van der Waals surface area contributed by atoms with Crippen LogP contribution in [0.4, 0.5) is 0 Å². The second-order valence-corrected chi connectivity index (χ2v) is 7.80. The van der Waals surface area contributed by atoms with Crippen molar-refractivity contribution in [2.24, 2.45) is 0 Å². The van der Waals surface area contributed by atoms with Gasteiger partial charge >= 0.3 is 0 Å². The van der Waals surface area contributed by atoms with E-state index in [2.05, 4.69) is 20.4 Å². The number of hydrogen-bond acceptors (Lipinski definition) is 2. The Morgan fingerprint density at radius 2 is 2.27 bits per heavy atom. The molecule has 15 heavy (non-hydrogen) atoms. The van der Waals surface area contributed by atoms with Gasteiger partial charge in [-0.25, -0.2) is 0 Å². The molecule has 2 rings (SSSR count). The molecule has 0 aliphatic carbocycles. The summed E-state index contributed by atoms with van der Waals surface area (Å²) in [6.07, 6.45) is 7.21. The van der Waals surface area contributed by atoms with Crippen molar-refractivity contribution in [2.45, 2.75) is 37.6 Å². The topological polar surface area (TPSA) is 18.5 Å². The van der Waals surface area contributed by atoms with Gasteiger partial charge in [-0.05, 0) is 24.7 Å². The normalized spacial score (nSPS) is 30.7. The number of rotatable bonds is 2. The van der Waals surface area contributed by atoms with Crippen LogP contribution in [0, 0.1) is 0 Å². The van der Waals surface area contributed by atoms with E-state index in [1.807, 2.05) is 12.2 Å². The number of hydrogen-bond donors (Lipinski definition) is 0. The molecule has 4 heteroatoms. The van der Waals surface area contributed by atoms with Gasteiger partial charge in [-0.2, -0.15) is 0 Å². The summed E-state index contributed by atoms with van der Waals surface area (Å²) in [5.74, 6) is 1.96. The first kappa shape index (κ1) is 11.0. The van der Waals surface area contributed by atoms with Crippen molar-refractivity contribution in [3.63, 3.8) is 0 Å². The third kappa shape index (κ3) is 2.06. The first-order valence-corrected chi connectivity index (χ1v) is 8.64. The summed E-state index contributed by atoms with van der Waals surface area (Å²) in [6.45, 7) is 5.62. The molecule has 0 N–H and O–H groups in total. The van der Waals surface area contributed by atoms with Crippen LogP contribution >= 0.6 is 0 Å². The molecular formula is C11H18BO2Si. The van der Waals surface area contributed by atoms with Crippen molar-refractivity contribution in [3.05, 3.63) is 24.0 Å². The van der Waals surface area contributed by atoms with Crippen LogP contribution in [0.5, 0.6) is 0 Å². The van der Waals surface area contributed by atoms with Crippen LogP contribution in [-0.2, 0) is 9.47 Å². The summed E-state index contributed by atoms with van der Waals surface area (Å²) in [5, 5.41) is 0.0169. The second kappa shape index (κ2) is 4.58. The minimum absolute atomic E-state index is 0.0169. The smallest absolute Gasteiger partial charge is 0.187 e. The minimum Gasteiger partial charge on any atom is -0.475 e. The average Bonchev–Trinajstić information content (AvgIpc) is 2.31. The second-order valence-electron chi connectivity index (χ2n) is 4.55. The van der Waals surface area contributed by atoms with Gasteiger partial charge in [-0.3, -0.25) is 0 Å². The summed E-state index contributed by atoms with van der Waals surface area (Å²) in [4.78, 5) is 0. The highest BCUT2D eigenvalue weighted by atomic mass is 28.3. The SMILES string of the molecule is C[SiH](C)C1(C2=COC=C[B]2)CCCCO1. The van der Waals surface area contributed by atoms with Crippen molar-refractivity contribution >= 4 is 16.1 Å². The molecule has 1 unspecified atom stereocenters. The first-order chi connectivity index (χ1) is 7.26. The van der Waals surface area contributed by atoms with E-state index in [-0.39, 0.29) is 5.22 Å². The molecule has 0 saturated carbocycles. The maximum Gasteiger partial charge on any atom is 0.187 e. The van der Waals surface area contributed by atoms with Crippen LogP contribution in [0.1, 0.15) is 19.3 Å². The van der Waals surface area contributed by atoms with Crippen molar-refractivity contribution in [1.29, 1.82) is 0 Å². The highest BCUT2D eigenvalue weighted by molar-refractivity contribution is 6.65. The van der Waals surface area contributed by atoms with Gasteiger partial charge < -0.3 is 9.47 Å². The van der Waals surface area contributed by atoms with Gasteiger partial charge in [0.25, 0.3) is 0 Å². The van der Waals surface area contributed by atoms with E-state index >= 15 is 0 Å². The summed E-state index contributed by atoms with van der Waals surface area (Å²) in [6, 6.07) is 0. The maximum absolute atomic E-state index is 6.11. The summed E-state index contributed by atoms with van der Waals surface area (Å²) < 4.78 is 11.4. The van der Waals surface area contributed by atoms with E-state index in [0.717, 1.165) is 13.0 Å². The third-order valence-corrected chi connectivity index (χ3v) is 6.01. The molecule has 1 radical (unpaired) electrons. The van der Waals surface area contributed by atoms with Gasteiger partial charge in [0, 0.05) is 6.61 Å². The van der Waals surface area contributed by atoms with Crippen molar-refractivity contribution in [3.8, 4) is 0 Å². The molecule has 0 spiro atoms. The van der Waals surface area contributed by atoms with E-state index in [0.29, 0.717) is 0 Å². The molecule has 81 valence electrons. The molecule has 1 fully saturated rings. The molecular weight excluding hydrogens is 203 g/mol. The van der Waals surface area contributed by atoms with Crippen molar-refractivity contribution in [2.75, 3.05) is 6.61 Å². The average molecular weight is 221 g/mol. The van der Waals surface area contributed by atoms with E-state index in [9.17, 15) is 0 Å². The van der Waals surface area contributed by atoms with Crippen LogP contribution in [0.15, 0.2) is 24.0 Å². The fourth-order valence-corrected chi connectivity index (χ4v) is 4.48. The van der Waals surface area contributed by atoms with Gasteiger partial charge in [0.15, 0.2) is 7.28 Å². The van der Waals surface area contributed by atoms with E-state index in [1.165, 1.54) is 18.3 Å². The largest absolute Gasteiger partial charge is 0.475 e. The van der Waals surface area contributed by atoms with Gasteiger partial charge in [-0.15, -0.1) is 0 Å². The van der Waals surface area contributed by atoms with Crippen LogP contribution in [0.25, 0.3) is 0 Å². The monoisotopic (exact) mass is 221 g/mol. The lowest BCUT2D eigenvalue weighted by Gasteiger charge is -2.42. The van der Waals surface area contributed by atoms with Crippen LogP contribution < -0.4 is 0 Å². The molecule has 1 saturated heterocycles. The highest BCUT2D eigenvalue weighted by Crippen LogP contribution is 2.34. The standard InChI is InChI=1S/C11H18BO2Si/c1-15(2)11(5-3-4-7-14-11)10-9-13-8-6-12-10/h6,8-9,15H,3-5,7H2,1-2H3. The van der Waals surface area contributed by atoms with Gasteiger partial charge in [0.1, 0.15) is 0 Å². The Labute approximate surface area is 94.2 Å². The minimum atomic E-state index is -0.897. The lowest BCUT2D eigenvalue weighted by atomic mass is 9.66. The fourth-order valence-electron chi connectivity index (χ4n) is 2.41. The lowest BCUT2D eigenvalue weighted by molar-refractivity contribution is 0.00557. The molecule has 0 aromatic rings. The Morgan fingerprint density at radius 1 is 1.40 bits per heavy atom. The predicted octanol–water partition coefficient (Wildman–Crippen LogP) is 2.00. The summed E-state index contributed by atoms with van der Waals surface area (Å²) in [7, 11) is 1.24. The zero-order chi connectivity index (χ0) is 10.7. The van der Waals surface area contributed by atoms with Crippen LogP contribution in [0.3, 0.4) is 0 Å². The molecule has 2 heterocycles. The molecule has 2 aliphatic rings. The van der Waals surface area contributed by atoms with Gasteiger partial charge in [-0.1, -0.05) is 19.1 Å². The molecule has 0 aromatic heterocycles. The van der Waals surface area contributed by atoms with Crippen molar-refractivity contribution < 1.29 is 9.47 Å². The van der Waals surface area contributed by atoms with E-state index in [4.69, 9.17) is 9.47 Å². The van der Waals surface area contributed by atoms with Crippen LogP contribution in [-0.4, -0.2) is 27.9 Å². The summed E-state index contributed by atoms with van der Waals surface area (Å²) >= 11 is 0. The van der Waals surface area contributed by atoms with Crippen LogP contribution in [0.2, 0.25) is 13.1 Å². The molecule has 0 aromatic carbocycles. The van der Waals surface area contributed by atoms with Gasteiger partial charge in [0.2, 0.25) is 0 Å². The maximum atomic E-state index is 6.11. The summed E-state index contributed by atoms with van der Waals surface area (Å²) in [5.41, 5.74) is 1.24. The Kier molecular flexibility index (Phi) is 3.36. The van der Waals surface area contributed by atoms with E-state index in [1.54, 1.807) is 6.26 Å². The predicted molar refractivity (Wildman–Crippen MR) is 65.5 cm³/mol. The molecule has 2 nitrogen and oxygen atoms in total. The lowest BCUT2D eigenvalue weighted by Crippen LogP contribution is -2.50. The van der Waals surface area contributed by atoms with Crippen molar-refractivity contribution in [1.82, 2.24) is 0 Å². The number of ether oxygens (including phenoxy) is 2. The zero-order valence-corrected chi connectivity index (χ0v) is 10.7. The Hall–Kier alpha value is -0.478. The quantitative estimate of drug-likeness (QED) is 0.664. The molecule has 1 atom stereocenters. The first-order valence-electron chi connectivity index (χ1n) is 5.76. The van der Waals surface area contributed by atoms with E-state index < -0.39 is 8.80 Å². The Balaban J connectivity index is 2.21.